The topological polar surface area (TPSA) is 217 Å². The van der Waals surface area contributed by atoms with Crippen molar-refractivity contribution in [2.75, 3.05) is 21.3 Å². The van der Waals surface area contributed by atoms with Gasteiger partial charge in [-0.2, -0.15) is 0 Å². The summed E-state index contributed by atoms with van der Waals surface area (Å²) in [5.74, 6) is -2.81. The average Bonchev–Trinajstić information content (AvgIpc) is 2.95. The molecular weight excluding hydrogens is 634 g/mol. The lowest BCUT2D eigenvalue weighted by Gasteiger charge is -2.23. The van der Waals surface area contributed by atoms with Gasteiger partial charge in [0, 0.05) is 19.3 Å². The van der Waals surface area contributed by atoms with Crippen molar-refractivity contribution in [2.24, 2.45) is 5.73 Å². The number of esters is 6. The lowest BCUT2D eigenvalue weighted by Crippen LogP contribution is -2.41. The van der Waals surface area contributed by atoms with Crippen LogP contribution in [-0.2, 0) is 62.0 Å². The number of hydrogen-bond acceptors (Lipinski definition) is 14. The SMILES string of the molecule is C#[N+]C(CCC(=O)OC)C(=O)OC(C)(C)C.COC(=O)CCC(N)C(=O)OC(C)(C)C.COC(=O)CCC(NC=O)C(=O)OC(C)(C)C. The van der Waals surface area contributed by atoms with Gasteiger partial charge in [0.2, 0.25) is 6.41 Å². The highest BCUT2D eigenvalue weighted by molar-refractivity contribution is 5.80. The first-order valence-electron chi connectivity index (χ1n) is 15.1. The fourth-order valence-electron chi connectivity index (χ4n) is 2.94. The molecule has 0 fully saturated rings. The van der Waals surface area contributed by atoms with Crippen molar-refractivity contribution in [3.05, 3.63) is 4.85 Å². The normalized spacial score (nSPS) is 12.7. The number of amides is 1. The molecule has 0 radical (unpaired) electrons. The maximum atomic E-state index is 11.7. The molecule has 0 aromatic rings. The number of methoxy groups -OCH3 is 3. The highest BCUT2D eigenvalue weighted by Gasteiger charge is 2.33. The molecule has 0 aliphatic rings. The zero-order valence-corrected chi connectivity index (χ0v) is 30.5. The van der Waals surface area contributed by atoms with Crippen LogP contribution in [0.25, 0.3) is 4.85 Å². The van der Waals surface area contributed by atoms with Crippen molar-refractivity contribution in [1.82, 2.24) is 5.32 Å². The molecule has 3 unspecified atom stereocenters. The molecule has 0 aliphatic heterocycles. The second-order valence-electron chi connectivity index (χ2n) is 13.1. The molecule has 0 aromatic heterocycles. The second-order valence-corrected chi connectivity index (χ2v) is 13.1. The Balaban J connectivity index is -0.000000634. The summed E-state index contributed by atoms with van der Waals surface area (Å²) in [7, 11) is 3.84. The summed E-state index contributed by atoms with van der Waals surface area (Å²) in [6.45, 7) is 20.8. The van der Waals surface area contributed by atoms with Gasteiger partial charge in [0.25, 0.3) is 6.57 Å². The van der Waals surface area contributed by atoms with E-state index in [1.165, 1.54) is 21.3 Å². The first kappa shape index (κ1) is 48.1. The summed E-state index contributed by atoms with van der Waals surface area (Å²) in [6, 6.07) is -2.42. The fourth-order valence-corrected chi connectivity index (χ4v) is 2.94. The molecule has 0 saturated carbocycles. The van der Waals surface area contributed by atoms with E-state index in [4.69, 9.17) is 26.5 Å². The smallest absolute Gasteiger partial charge is 0.395 e. The minimum atomic E-state index is -0.828. The molecule has 0 aromatic carbocycles. The molecule has 3 atom stereocenters. The third kappa shape index (κ3) is 29.2. The van der Waals surface area contributed by atoms with Crippen molar-refractivity contribution < 1.29 is 62.0 Å². The molecule has 0 heterocycles. The third-order valence-electron chi connectivity index (χ3n) is 5.13. The number of carbonyl (C=O) groups excluding carboxylic acids is 7. The molecule has 16 nitrogen and oxygen atoms in total. The summed E-state index contributed by atoms with van der Waals surface area (Å²) >= 11 is 0. The number of carbonyl (C=O) groups is 7. The monoisotopic (exact) mass is 690 g/mol. The molecule has 1 amide bonds. The summed E-state index contributed by atoms with van der Waals surface area (Å²) in [5.41, 5.74) is 3.76. The molecule has 16 heteroatoms. The van der Waals surface area contributed by atoms with Gasteiger partial charge in [-0.25, -0.2) is 9.59 Å². The minimum Gasteiger partial charge on any atom is -0.469 e. The lowest BCUT2D eigenvalue weighted by atomic mass is 10.1. The molecule has 0 rings (SSSR count). The maximum absolute atomic E-state index is 11.7. The number of rotatable bonds is 14. The van der Waals surface area contributed by atoms with Gasteiger partial charge in [0.05, 0.1) is 27.8 Å². The molecule has 276 valence electrons. The van der Waals surface area contributed by atoms with E-state index >= 15 is 0 Å². The summed E-state index contributed by atoms with van der Waals surface area (Å²) in [6.07, 6.45) is 1.24. The molecule has 3 N–H and O–H groups in total. The van der Waals surface area contributed by atoms with E-state index in [2.05, 4.69) is 24.4 Å². The van der Waals surface area contributed by atoms with E-state index in [1.807, 2.05) is 0 Å². The van der Waals surface area contributed by atoms with Gasteiger partial charge in [-0.3, -0.25) is 24.0 Å². The quantitative estimate of drug-likeness (QED) is 0.152. The van der Waals surface area contributed by atoms with Crippen LogP contribution in [-0.4, -0.2) is 98.5 Å². The number of ether oxygens (including phenoxy) is 6. The molecule has 0 spiro atoms. The van der Waals surface area contributed by atoms with Crippen LogP contribution in [0.3, 0.4) is 0 Å². The molecule has 0 aliphatic carbocycles. The van der Waals surface area contributed by atoms with E-state index in [0.29, 0.717) is 6.41 Å². The Morgan fingerprint density at radius 1 is 0.646 bits per heavy atom. The van der Waals surface area contributed by atoms with Gasteiger partial charge in [-0.05, 0) is 75.2 Å². The molecule has 0 bridgehead atoms. The highest BCUT2D eigenvalue weighted by atomic mass is 16.6. The molecule has 48 heavy (non-hydrogen) atoms. The van der Waals surface area contributed by atoms with Crippen molar-refractivity contribution in [3.8, 4) is 6.57 Å². The Hall–Kier alpha value is -4.26. The van der Waals surface area contributed by atoms with E-state index in [-0.39, 0.29) is 44.5 Å². The van der Waals surface area contributed by atoms with Gasteiger partial charge in [0.1, 0.15) is 28.9 Å². The van der Waals surface area contributed by atoms with Crippen LogP contribution >= 0.6 is 0 Å². The van der Waals surface area contributed by atoms with Gasteiger partial charge in [-0.15, -0.1) is 0 Å². The Kier molecular flexibility index (Phi) is 24.0. The van der Waals surface area contributed by atoms with Crippen LogP contribution in [0, 0.1) is 6.57 Å². The minimum absolute atomic E-state index is 0.0429. The Morgan fingerprint density at radius 2 is 1.00 bits per heavy atom. The van der Waals surface area contributed by atoms with Crippen LogP contribution < -0.4 is 11.1 Å². The lowest BCUT2D eigenvalue weighted by molar-refractivity contribution is -0.159. The summed E-state index contributed by atoms with van der Waals surface area (Å²) in [4.78, 5) is 80.9. The average molecular weight is 691 g/mol. The fraction of sp³-hybridized carbons (Fsp3) is 0.750. The zero-order chi connectivity index (χ0) is 38.3. The largest absolute Gasteiger partial charge is 0.469 e. The van der Waals surface area contributed by atoms with Crippen LogP contribution in [0.5, 0.6) is 0 Å². The number of nitrogens with two attached hydrogens (primary N) is 1. The van der Waals surface area contributed by atoms with Gasteiger partial charge >= 0.3 is 41.9 Å². The third-order valence-corrected chi connectivity index (χ3v) is 5.13. The van der Waals surface area contributed by atoms with Crippen LogP contribution in [0.1, 0.15) is 101 Å². The predicted octanol–water partition coefficient (Wildman–Crippen LogP) is 2.62. The van der Waals surface area contributed by atoms with Crippen molar-refractivity contribution in [3.63, 3.8) is 0 Å². The van der Waals surface area contributed by atoms with Crippen molar-refractivity contribution >= 4 is 42.2 Å². The Morgan fingerprint density at radius 3 is 1.35 bits per heavy atom. The first-order valence-corrected chi connectivity index (χ1v) is 15.1. The van der Waals surface area contributed by atoms with Crippen LogP contribution in [0.2, 0.25) is 0 Å². The van der Waals surface area contributed by atoms with Gasteiger partial charge in [0.15, 0.2) is 0 Å². The number of nitrogens with one attached hydrogen (secondary N) is 1. The van der Waals surface area contributed by atoms with Gasteiger partial charge < -0.3 is 39.5 Å². The summed E-state index contributed by atoms with van der Waals surface area (Å²) < 4.78 is 28.6. The predicted molar refractivity (Wildman–Crippen MR) is 174 cm³/mol. The number of nitrogens with zero attached hydrogens (tertiary/aromatic N) is 1. The van der Waals surface area contributed by atoms with E-state index in [1.54, 1.807) is 62.3 Å². The van der Waals surface area contributed by atoms with E-state index in [0.717, 1.165) is 0 Å². The molecule has 0 saturated heterocycles. The number of hydrogen-bond donors (Lipinski definition) is 2. The Labute approximate surface area is 283 Å². The van der Waals surface area contributed by atoms with Crippen molar-refractivity contribution in [2.45, 2.75) is 136 Å². The van der Waals surface area contributed by atoms with Crippen LogP contribution in [0.15, 0.2) is 0 Å². The first-order chi connectivity index (χ1) is 21.9. The highest BCUT2D eigenvalue weighted by Crippen LogP contribution is 2.14. The van der Waals surface area contributed by atoms with Gasteiger partial charge in [-0.1, -0.05) is 4.85 Å². The van der Waals surface area contributed by atoms with Crippen molar-refractivity contribution in [1.29, 1.82) is 0 Å². The zero-order valence-electron chi connectivity index (χ0n) is 30.5. The standard InChI is InChI=1S/C11H19NO5.C11H18NO4.C10H19NO4/c1-11(2,3)17-10(15)8(12-7-13)5-6-9(14)16-4;1-11(2,3)16-10(14)8(12-4)6-7-9(13)15-5;1-10(2,3)15-9(13)7(11)5-6-8(12)14-4/h7-8H,5-6H2,1-4H3,(H,12,13);4,8H,6-7H2,1-3,5H3;7H,5-6,11H2,1-4H3/q;+1;. The Bertz CT molecular complexity index is 1080. The molecular formula is C32H56N3O13+. The second kappa shape index (κ2) is 24.0. The van der Waals surface area contributed by atoms with E-state index in [9.17, 15) is 33.6 Å². The van der Waals surface area contributed by atoms with Crippen LogP contribution in [0.4, 0.5) is 0 Å². The maximum Gasteiger partial charge on any atom is 0.395 e. The van der Waals surface area contributed by atoms with E-state index < -0.39 is 64.8 Å². The summed E-state index contributed by atoms with van der Waals surface area (Å²) in [5, 5.41) is 2.32.